The van der Waals surface area contributed by atoms with Crippen molar-refractivity contribution in [3.05, 3.63) is 34.4 Å². The molecule has 140 valence electrons. The van der Waals surface area contributed by atoms with Crippen molar-refractivity contribution < 1.29 is 32.2 Å². The highest BCUT2D eigenvalue weighted by molar-refractivity contribution is 8.01. The summed E-state index contributed by atoms with van der Waals surface area (Å²) in [5.74, 6) is -1.89. The summed E-state index contributed by atoms with van der Waals surface area (Å²) in [6.45, 7) is 3.31. The van der Waals surface area contributed by atoms with Crippen LogP contribution in [0.3, 0.4) is 0 Å². The molecule has 2 aliphatic rings. The van der Waals surface area contributed by atoms with Crippen molar-refractivity contribution in [1.29, 1.82) is 0 Å². The zero-order valence-electron chi connectivity index (χ0n) is 13.6. The molecule has 1 N–H and O–H groups in total. The molecule has 2 fully saturated rings. The molecule has 0 aromatic heterocycles. The van der Waals surface area contributed by atoms with Crippen molar-refractivity contribution in [2.45, 2.75) is 41.0 Å². The molecule has 2 saturated heterocycles. The number of non-ortho nitro benzene ring substituents is 1. The Balaban J connectivity index is 1.81. The van der Waals surface area contributed by atoms with Crippen LogP contribution in [0.25, 0.3) is 0 Å². The number of carboxylic acid groups (broad SMARTS) is 1. The summed E-state index contributed by atoms with van der Waals surface area (Å²) in [5, 5.41) is 19.2. The molecule has 0 bridgehead atoms. The molecule has 12 heteroatoms. The number of carboxylic acids is 1. The van der Waals surface area contributed by atoms with Crippen LogP contribution < -0.4 is 0 Å². The molecular formula is C14H14N2O8S2. The minimum Gasteiger partial charge on any atom is -0.480 e. The third-order valence-corrected chi connectivity index (χ3v) is 7.05. The third-order valence-electron chi connectivity index (χ3n) is 4.19. The van der Waals surface area contributed by atoms with Crippen LogP contribution in [-0.2, 0) is 23.9 Å². The lowest BCUT2D eigenvalue weighted by molar-refractivity contribution is -0.384. The fourth-order valence-electron chi connectivity index (χ4n) is 2.99. The van der Waals surface area contributed by atoms with Crippen LogP contribution >= 0.6 is 11.8 Å². The summed E-state index contributed by atoms with van der Waals surface area (Å²) < 4.78 is 28.9. The topological polar surface area (TPSA) is 144 Å². The number of carbonyl (C=O) groups excluding carboxylic acids is 1. The van der Waals surface area contributed by atoms with E-state index < -0.39 is 49.2 Å². The van der Waals surface area contributed by atoms with Crippen molar-refractivity contribution in [3.8, 4) is 0 Å². The summed E-state index contributed by atoms with van der Waals surface area (Å²) in [5.41, 5.74) is -0.285. The molecule has 0 spiro atoms. The van der Waals surface area contributed by atoms with Crippen molar-refractivity contribution in [2.24, 2.45) is 0 Å². The lowest BCUT2D eigenvalue weighted by Gasteiger charge is -2.42. The zero-order valence-corrected chi connectivity index (χ0v) is 15.2. The Bertz CT molecular complexity index is 896. The van der Waals surface area contributed by atoms with Gasteiger partial charge < -0.3 is 10.0 Å². The molecule has 10 nitrogen and oxygen atoms in total. The molecule has 3 atom stereocenters. The summed E-state index contributed by atoms with van der Waals surface area (Å²) in [6, 6.07) is 2.98. The van der Waals surface area contributed by atoms with Crippen LogP contribution in [0.5, 0.6) is 0 Å². The molecule has 1 amide bonds. The SMILES string of the molecule is CC1(C)S[C@@H]2[C@H](OS(=O)(=O)c3ccc([N+](=O)[O-])cc3)C(=O)N2[C@H]1C(=O)O. The Morgan fingerprint density at radius 2 is 1.92 bits per heavy atom. The summed E-state index contributed by atoms with van der Waals surface area (Å²) >= 11 is 1.15. The van der Waals surface area contributed by atoms with Gasteiger partial charge in [-0.25, -0.2) is 8.98 Å². The Morgan fingerprint density at radius 3 is 2.42 bits per heavy atom. The highest BCUT2D eigenvalue weighted by atomic mass is 32.2. The number of nitro groups is 1. The number of nitrogens with zero attached hydrogens (tertiary/aromatic N) is 2. The molecule has 0 saturated carbocycles. The largest absolute Gasteiger partial charge is 0.480 e. The molecule has 0 unspecified atom stereocenters. The van der Waals surface area contributed by atoms with E-state index in [9.17, 15) is 33.2 Å². The number of hydrogen-bond acceptors (Lipinski definition) is 8. The van der Waals surface area contributed by atoms with E-state index in [1.54, 1.807) is 13.8 Å². The normalized spacial score (nSPS) is 26.9. The summed E-state index contributed by atoms with van der Waals surface area (Å²) in [6.07, 6.45) is -1.33. The highest BCUT2D eigenvalue weighted by Gasteiger charge is 2.65. The summed E-state index contributed by atoms with van der Waals surface area (Å²) in [4.78, 5) is 34.4. The lowest BCUT2D eigenvalue weighted by atomic mass is 9.97. The quantitative estimate of drug-likeness (QED) is 0.327. The molecular weight excluding hydrogens is 388 g/mol. The Labute approximate surface area is 152 Å². The van der Waals surface area contributed by atoms with E-state index in [0.29, 0.717) is 0 Å². The van der Waals surface area contributed by atoms with Gasteiger partial charge in [-0.3, -0.25) is 14.9 Å². The fraction of sp³-hybridized carbons (Fsp3) is 0.429. The first-order valence-corrected chi connectivity index (χ1v) is 9.65. The second-order valence-electron chi connectivity index (χ2n) is 6.32. The molecule has 3 rings (SSSR count). The predicted octanol–water partition coefficient (Wildman–Crippen LogP) is 0.816. The molecule has 2 aliphatic heterocycles. The smallest absolute Gasteiger partial charge is 0.327 e. The number of benzene rings is 1. The van der Waals surface area contributed by atoms with Gasteiger partial charge in [-0.1, -0.05) is 0 Å². The van der Waals surface area contributed by atoms with E-state index in [4.69, 9.17) is 4.18 Å². The van der Waals surface area contributed by atoms with Gasteiger partial charge in [-0.2, -0.15) is 8.42 Å². The average Bonchev–Trinajstić information content (AvgIpc) is 2.81. The van der Waals surface area contributed by atoms with Gasteiger partial charge in [0.15, 0.2) is 6.10 Å². The van der Waals surface area contributed by atoms with Gasteiger partial charge >= 0.3 is 5.97 Å². The number of hydrogen-bond donors (Lipinski definition) is 1. The van der Waals surface area contributed by atoms with Crippen molar-refractivity contribution >= 4 is 39.4 Å². The van der Waals surface area contributed by atoms with Crippen LogP contribution in [0.4, 0.5) is 5.69 Å². The first-order valence-electron chi connectivity index (χ1n) is 7.36. The monoisotopic (exact) mass is 402 g/mol. The van der Waals surface area contributed by atoms with Crippen LogP contribution in [0.1, 0.15) is 13.8 Å². The lowest BCUT2D eigenvalue weighted by Crippen LogP contribution is -2.66. The van der Waals surface area contributed by atoms with Gasteiger partial charge in [0.25, 0.3) is 21.7 Å². The number of β-lactam (4-membered cyclic amide) rings is 1. The number of thioether (sulfide) groups is 1. The Hall–Kier alpha value is -2.18. The predicted molar refractivity (Wildman–Crippen MR) is 88.9 cm³/mol. The maximum Gasteiger partial charge on any atom is 0.327 e. The third kappa shape index (κ3) is 2.83. The number of nitro benzene ring substituents is 1. The molecule has 0 aliphatic carbocycles. The van der Waals surface area contributed by atoms with Crippen molar-refractivity contribution in [1.82, 2.24) is 4.90 Å². The second kappa shape index (κ2) is 5.93. The van der Waals surface area contributed by atoms with Crippen LogP contribution in [0.2, 0.25) is 0 Å². The van der Waals surface area contributed by atoms with Crippen molar-refractivity contribution in [3.63, 3.8) is 0 Å². The number of rotatable bonds is 5. The van der Waals surface area contributed by atoms with E-state index in [2.05, 4.69) is 0 Å². The van der Waals surface area contributed by atoms with Gasteiger partial charge in [0.2, 0.25) is 0 Å². The number of carbonyl (C=O) groups is 2. The number of amides is 1. The van der Waals surface area contributed by atoms with E-state index in [-0.39, 0.29) is 10.6 Å². The summed E-state index contributed by atoms with van der Waals surface area (Å²) in [7, 11) is -4.34. The average molecular weight is 402 g/mol. The van der Waals surface area contributed by atoms with E-state index in [0.717, 1.165) is 40.9 Å². The maximum absolute atomic E-state index is 12.3. The second-order valence-corrected chi connectivity index (χ2v) is 9.66. The van der Waals surface area contributed by atoms with E-state index in [1.165, 1.54) is 0 Å². The standard InChI is InChI=1S/C14H14N2O8S2/c1-14(2)10(13(18)19)15-11(17)9(12(15)25-14)24-26(22,23)8-5-3-7(4-6-8)16(20)21/h3-6,9-10,12H,1-2H3,(H,18,19)/t9-,10+,12-/m1/s1. The van der Waals surface area contributed by atoms with E-state index in [1.807, 2.05) is 0 Å². The fourth-order valence-corrected chi connectivity index (χ4v) is 5.70. The highest BCUT2D eigenvalue weighted by Crippen LogP contribution is 2.52. The van der Waals surface area contributed by atoms with Gasteiger partial charge in [-0.15, -0.1) is 11.8 Å². The van der Waals surface area contributed by atoms with Gasteiger partial charge in [0, 0.05) is 16.9 Å². The first kappa shape index (κ1) is 18.6. The molecule has 1 aromatic rings. The minimum absolute atomic E-state index is 0.285. The Kier molecular flexibility index (Phi) is 4.24. The van der Waals surface area contributed by atoms with Crippen LogP contribution in [-0.4, -0.2) is 57.5 Å². The number of fused-ring (bicyclic) bond motifs is 1. The molecule has 0 radical (unpaired) electrons. The zero-order chi connectivity index (χ0) is 19.4. The number of aliphatic carboxylic acids is 1. The van der Waals surface area contributed by atoms with Gasteiger partial charge in [0.1, 0.15) is 11.4 Å². The molecule has 2 heterocycles. The molecule has 1 aromatic carbocycles. The first-order chi connectivity index (χ1) is 12.0. The minimum atomic E-state index is -4.34. The van der Waals surface area contributed by atoms with E-state index >= 15 is 0 Å². The molecule has 26 heavy (non-hydrogen) atoms. The van der Waals surface area contributed by atoms with Gasteiger partial charge in [-0.05, 0) is 26.0 Å². The van der Waals surface area contributed by atoms with Crippen LogP contribution in [0.15, 0.2) is 29.2 Å². The Morgan fingerprint density at radius 1 is 1.35 bits per heavy atom. The maximum atomic E-state index is 12.3. The van der Waals surface area contributed by atoms with Gasteiger partial charge in [0.05, 0.1) is 9.82 Å². The van der Waals surface area contributed by atoms with Crippen LogP contribution in [0, 0.1) is 10.1 Å². The van der Waals surface area contributed by atoms with Crippen molar-refractivity contribution in [2.75, 3.05) is 0 Å².